The number of carboxylic acids is 1. The lowest BCUT2D eigenvalue weighted by Crippen LogP contribution is -2.45. The summed E-state index contributed by atoms with van der Waals surface area (Å²) in [5.41, 5.74) is -1.90. The van der Waals surface area contributed by atoms with Gasteiger partial charge in [-0.2, -0.15) is 0 Å². The van der Waals surface area contributed by atoms with Crippen LogP contribution in [-0.2, 0) is 19.7 Å². The van der Waals surface area contributed by atoms with Crippen molar-refractivity contribution in [3.05, 3.63) is 35.6 Å². The molecule has 116 valence electrons. The number of rotatable bonds is 8. The minimum atomic E-state index is -1.95. The Bertz CT molecular complexity index is 503. The second-order valence-electron chi connectivity index (χ2n) is 4.62. The molecule has 1 atom stereocenters. The number of carbonyl (C=O) groups is 2. The first-order valence-electron chi connectivity index (χ1n) is 6.76. The molecule has 0 saturated heterocycles. The quantitative estimate of drug-likeness (QED) is 0.435. The van der Waals surface area contributed by atoms with E-state index < -0.39 is 23.2 Å². The number of unbranched alkanes of at least 4 members (excludes halogenated alkanes) is 1. The highest BCUT2D eigenvalue weighted by molar-refractivity contribution is 6.05. The monoisotopic (exact) mass is 298 g/mol. The molecule has 0 heterocycles. The van der Waals surface area contributed by atoms with Crippen LogP contribution in [-0.4, -0.2) is 35.4 Å². The van der Waals surface area contributed by atoms with Crippen LogP contribution >= 0.6 is 0 Å². The molecule has 1 aromatic carbocycles. The lowest BCUT2D eigenvalue weighted by atomic mass is 9.76. The van der Waals surface area contributed by atoms with Crippen LogP contribution in [0.15, 0.2) is 24.3 Å². The lowest BCUT2D eigenvalue weighted by Gasteiger charge is -2.27. The van der Waals surface area contributed by atoms with E-state index in [1.807, 2.05) is 0 Å². The second-order valence-corrected chi connectivity index (χ2v) is 4.62. The van der Waals surface area contributed by atoms with Crippen molar-refractivity contribution in [2.45, 2.75) is 31.6 Å². The molecule has 5 nitrogen and oxygen atoms in total. The Labute approximate surface area is 122 Å². The van der Waals surface area contributed by atoms with Gasteiger partial charge >= 0.3 is 11.9 Å². The SMILES string of the molecule is CCOC(=O)C(CCCCO)(C(=O)O)c1cccc(F)c1. The summed E-state index contributed by atoms with van der Waals surface area (Å²) in [4.78, 5) is 24.0. The van der Waals surface area contributed by atoms with Gasteiger partial charge in [0.05, 0.1) is 6.61 Å². The van der Waals surface area contributed by atoms with Gasteiger partial charge < -0.3 is 14.9 Å². The topological polar surface area (TPSA) is 83.8 Å². The van der Waals surface area contributed by atoms with Crippen LogP contribution in [0.4, 0.5) is 4.39 Å². The fraction of sp³-hybridized carbons (Fsp3) is 0.467. The van der Waals surface area contributed by atoms with Crippen molar-refractivity contribution in [3.63, 3.8) is 0 Å². The molecule has 0 bridgehead atoms. The number of aliphatic hydroxyl groups is 1. The molecule has 0 aliphatic heterocycles. The molecule has 0 aliphatic carbocycles. The molecule has 1 rings (SSSR count). The van der Waals surface area contributed by atoms with E-state index in [0.29, 0.717) is 12.8 Å². The molecule has 0 fully saturated rings. The van der Waals surface area contributed by atoms with E-state index in [2.05, 4.69) is 0 Å². The standard InChI is InChI=1S/C15H19FO5/c1-2-21-14(20)15(13(18)19,8-3-4-9-17)11-6-5-7-12(16)10-11/h5-7,10,17H,2-4,8-9H2,1H3,(H,18,19). The smallest absolute Gasteiger partial charge is 0.328 e. The Morgan fingerprint density at radius 1 is 1.33 bits per heavy atom. The van der Waals surface area contributed by atoms with Gasteiger partial charge in [0.15, 0.2) is 5.41 Å². The van der Waals surface area contributed by atoms with Gasteiger partial charge in [-0.1, -0.05) is 12.1 Å². The van der Waals surface area contributed by atoms with Crippen LogP contribution in [0.25, 0.3) is 0 Å². The number of hydrogen-bond donors (Lipinski definition) is 2. The molecule has 0 amide bonds. The number of carbonyl (C=O) groups excluding carboxylic acids is 1. The first-order chi connectivity index (χ1) is 9.98. The Hall–Kier alpha value is -1.95. The van der Waals surface area contributed by atoms with Gasteiger partial charge in [-0.05, 0) is 43.9 Å². The van der Waals surface area contributed by atoms with Gasteiger partial charge in [0.1, 0.15) is 5.82 Å². The zero-order chi connectivity index (χ0) is 15.9. The minimum Gasteiger partial charge on any atom is -0.480 e. The Morgan fingerprint density at radius 3 is 2.57 bits per heavy atom. The summed E-state index contributed by atoms with van der Waals surface area (Å²) in [7, 11) is 0. The van der Waals surface area contributed by atoms with Crippen molar-refractivity contribution in [3.8, 4) is 0 Å². The first kappa shape index (κ1) is 17.1. The molecule has 2 N–H and O–H groups in total. The predicted octanol–water partition coefficient (Wildman–Crippen LogP) is 1.87. The van der Waals surface area contributed by atoms with Gasteiger partial charge in [-0.3, -0.25) is 9.59 Å². The van der Waals surface area contributed by atoms with E-state index in [1.54, 1.807) is 6.92 Å². The summed E-state index contributed by atoms with van der Waals surface area (Å²) in [6.45, 7) is 1.49. The Kier molecular flexibility index (Phi) is 6.30. The van der Waals surface area contributed by atoms with Crippen molar-refractivity contribution in [2.75, 3.05) is 13.2 Å². The molecular weight excluding hydrogens is 279 g/mol. The maximum Gasteiger partial charge on any atom is 0.328 e. The highest BCUT2D eigenvalue weighted by atomic mass is 19.1. The number of benzene rings is 1. The van der Waals surface area contributed by atoms with E-state index in [1.165, 1.54) is 18.2 Å². The van der Waals surface area contributed by atoms with Crippen molar-refractivity contribution in [2.24, 2.45) is 0 Å². The third-order valence-electron chi connectivity index (χ3n) is 3.27. The number of aliphatic hydroxyl groups excluding tert-OH is 1. The average molecular weight is 298 g/mol. The largest absolute Gasteiger partial charge is 0.480 e. The fourth-order valence-electron chi connectivity index (χ4n) is 2.19. The van der Waals surface area contributed by atoms with Crippen LogP contribution in [0.3, 0.4) is 0 Å². The van der Waals surface area contributed by atoms with Crippen LogP contribution in [0.2, 0.25) is 0 Å². The molecule has 21 heavy (non-hydrogen) atoms. The van der Waals surface area contributed by atoms with Crippen LogP contribution < -0.4 is 0 Å². The molecule has 0 aromatic heterocycles. The van der Waals surface area contributed by atoms with Crippen LogP contribution in [0.5, 0.6) is 0 Å². The van der Waals surface area contributed by atoms with Crippen molar-refractivity contribution >= 4 is 11.9 Å². The number of aliphatic carboxylic acids is 1. The van der Waals surface area contributed by atoms with Crippen LogP contribution in [0, 0.1) is 5.82 Å². The summed E-state index contributed by atoms with van der Waals surface area (Å²) in [6, 6.07) is 4.96. The number of esters is 1. The van der Waals surface area contributed by atoms with Gasteiger partial charge in [0.2, 0.25) is 0 Å². The normalized spacial score (nSPS) is 13.5. The number of carboxylic acid groups (broad SMARTS) is 1. The summed E-state index contributed by atoms with van der Waals surface area (Å²) in [5.74, 6) is -2.92. The zero-order valence-corrected chi connectivity index (χ0v) is 11.8. The van der Waals surface area contributed by atoms with Gasteiger partial charge in [-0.15, -0.1) is 0 Å². The third kappa shape index (κ3) is 3.78. The van der Waals surface area contributed by atoms with E-state index in [4.69, 9.17) is 9.84 Å². The Balaban J connectivity index is 3.29. The second kappa shape index (κ2) is 7.73. The molecule has 0 aliphatic rings. The minimum absolute atomic E-state index is 0.0309. The lowest BCUT2D eigenvalue weighted by molar-refractivity contribution is -0.162. The predicted molar refractivity (Wildman–Crippen MR) is 73.3 cm³/mol. The highest BCUT2D eigenvalue weighted by Crippen LogP contribution is 2.33. The number of ether oxygens (including phenoxy) is 1. The summed E-state index contributed by atoms with van der Waals surface area (Å²) >= 11 is 0. The molecule has 1 unspecified atom stereocenters. The van der Waals surface area contributed by atoms with Gasteiger partial charge in [-0.25, -0.2) is 4.39 Å². The summed E-state index contributed by atoms with van der Waals surface area (Å²) in [5, 5.41) is 18.4. The van der Waals surface area contributed by atoms with Gasteiger partial charge in [0.25, 0.3) is 0 Å². The fourth-order valence-corrected chi connectivity index (χ4v) is 2.19. The van der Waals surface area contributed by atoms with Crippen molar-refractivity contribution in [1.82, 2.24) is 0 Å². The van der Waals surface area contributed by atoms with Crippen molar-refractivity contribution in [1.29, 1.82) is 0 Å². The maximum atomic E-state index is 13.4. The summed E-state index contributed by atoms with van der Waals surface area (Å²) < 4.78 is 18.3. The first-order valence-corrected chi connectivity index (χ1v) is 6.76. The molecule has 0 spiro atoms. The molecule has 1 aromatic rings. The van der Waals surface area contributed by atoms with E-state index in [0.717, 1.165) is 6.07 Å². The maximum absolute atomic E-state index is 13.4. The molecule has 6 heteroatoms. The van der Waals surface area contributed by atoms with Crippen LogP contribution in [0.1, 0.15) is 31.7 Å². The zero-order valence-electron chi connectivity index (χ0n) is 11.8. The third-order valence-corrected chi connectivity index (χ3v) is 3.27. The summed E-state index contributed by atoms with van der Waals surface area (Å²) in [6.07, 6.45) is 0.590. The van der Waals surface area contributed by atoms with Crippen molar-refractivity contribution < 1.29 is 28.9 Å². The van der Waals surface area contributed by atoms with Gasteiger partial charge in [0, 0.05) is 6.61 Å². The number of hydrogen-bond acceptors (Lipinski definition) is 4. The van der Waals surface area contributed by atoms with E-state index >= 15 is 0 Å². The Morgan fingerprint density at radius 2 is 2.05 bits per heavy atom. The number of halogens is 1. The highest BCUT2D eigenvalue weighted by Gasteiger charge is 2.49. The molecular formula is C15H19FO5. The average Bonchev–Trinajstić information content (AvgIpc) is 2.43. The molecule has 0 radical (unpaired) electrons. The molecule has 0 saturated carbocycles. The van der Waals surface area contributed by atoms with E-state index in [9.17, 15) is 19.1 Å². The van der Waals surface area contributed by atoms with E-state index in [-0.39, 0.29) is 25.2 Å².